The fourth-order valence-corrected chi connectivity index (χ4v) is 2.83. The van der Waals surface area contributed by atoms with Gasteiger partial charge in [0.15, 0.2) is 11.5 Å². The second-order valence-electron chi connectivity index (χ2n) is 5.73. The van der Waals surface area contributed by atoms with E-state index in [1.165, 1.54) is 12.1 Å². The van der Waals surface area contributed by atoms with Crippen LogP contribution in [0, 0.1) is 0 Å². The topological polar surface area (TPSA) is 102 Å². The van der Waals surface area contributed by atoms with Crippen molar-refractivity contribution in [1.29, 1.82) is 0 Å². The highest BCUT2D eigenvalue weighted by Crippen LogP contribution is 2.19. The molecule has 2 aromatic heterocycles. The first-order chi connectivity index (χ1) is 12.5. The molecule has 4 rings (SSSR count). The number of ketones is 1. The Kier molecular flexibility index (Phi) is 3.62. The third kappa shape index (κ3) is 2.55. The number of carboxylic acids is 1. The Hall–Kier alpha value is -3.74. The molecule has 0 spiro atoms. The van der Waals surface area contributed by atoms with Gasteiger partial charge >= 0.3 is 5.97 Å². The molecular formula is C19H12N2O5. The number of fused-ring (bicyclic) bond motifs is 2. The summed E-state index contributed by atoms with van der Waals surface area (Å²) in [4.78, 5) is 36.5. The zero-order chi connectivity index (χ0) is 18.3. The molecule has 0 unspecified atom stereocenters. The van der Waals surface area contributed by atoms with E-state index in [1.807, 2.05) is 6.07 Å². The summed E-state index contributed by atoms with van der Waals surface area (Å²) in [6.45, 7) is -0.413. The predicted molar refractivity (Wildman–Crippen MR) is 93.5 cm³/mol. The van der Waals surface area contributed by atoms with Crippen molar-refractivity contribution in [3.8, 4) is 0 Å². The van der Waals surface area contributed by atoms with Gasteiger partial charge in [-0.3, -0.25) is 9.59 Å². The number of aromatic nitrogens is 2. The van der Waals surface area contributed by atoms with Crippen LogP contribution in [0.5, 0.6) is 0 Å². The van der Waals surface area contributed by atoms with Crippen LogP contribution in [-0.2, 0) is 6.54 Å². The lowest BCUT2D eigenvalue weighted by Crippen LogP contribution is -2.29. The standard InChI is InChI=1S/C19H12N2O5/c22-14(16-9-11-5-1-4-8-15(11)26-16)10-21-18(23)13-7-3-2-6-12(13)17(20-21)19(24)25/h1-9H,10H2,(H,24,25). The molecule has 4 aromatic rings. The van der Waals surface area contributed by atoms with Crippen molar-refractivity contribution < 1.29 is 19.1 Å². The SMILES string of the molecule is O=C(Cn1nc(C(=O)O)c2ccccc2c1=O)c1cc2ccccc2o1. The number of hydrogen-bond donors (Lipinski definition) is 1. The number of furan rings is 1. The second kappa shape index (κ2) is 5.96. The maximum Gasteiger partial charge on any atom is 0.357 e. The average molecular weight is 348 g/mol. The first-order valence-electron chi connectivity index (χ1n) is 7.79. The largest absolute Gasteiger partial charge is 0.476 e. The van der Waals surface area contributed by atoms with E-state index in [2.05, 4.69) is 5.10 Å². The van der Waals surface area contributed by atoms with Crippen molar-refractivity contribution in [2.45, 2.75) is 6.54 Å². The Morgan fingerprint density at radius 3 is 2.46 bits per heavy atom. The normalized spacial score (nSPS) is 11.1. The smallest absolute Gasteiger partial charge is 0.357 e. The summed E-state index contributed by atoms with van der Waals surface area (Å²) < 4.78 is 6.36. The number of carbonyl (C=O) groups is 2. The van der Waals surface area contributed by atoms with E-state index in [9.17, 15) is 19.5 Å². The monoisotopic (exact) mass is 348 g/mol. The third-order valence-electron chi connectivity index (χ3n) is 4.06. The maximum absolute atomic E-state index is 12.6. The Balaban J connectivity index is 1.79. The molecule has 2 aromatic carbocycles. The quantitative estimate of drug-likeness (QED) is 0.569. The molecule has 0 radical (unpaired) electrons. The number of carbonyl (C=O) groups excluding carboxylic acids is 1. The number of Topliss-reactive ketones (excluding diaryl/α,β-unsaturated/α-hetero) is 1. The van der Waals surface area contributed by atoms with Crippen LogP contribution >= 0.6 is 0 Å². The van der Waals surface area contributed by atoms with Crippen LogP contribution in [0.1, 0.15) is 21.0 Å². The lowest BCUT2D eigenvalue weighted by molar-refractivity contribution is 0.0688. The summed E-state index contributed by atoms with van der Waals surface area (Å²) in [5.74, 6) is -1.65. The molecule has 0 aliphatic rings. The summed E-state index contributed by atoms with van der Waals surface area (Å²) in [6.07, 6.45) is 0. The van der Waals surface area contributed by atoms with Gasteiger partial charge in [-0.05, 0) is 18.2 Å². The number of benzene rings is 2. The van der Waals surface area contributed by atoms with E-state index in [1.54, 1.807) is 36.4 Å². The second-order valence-corrected chi connectivity index (χ2v) is 5.73. The Morgan fingerprint density at radius 1 is 1.04 bits per heavy atom. The highest BCUT2D eigenvalue weighted by atomic mass is 16.4. The molecule has 0 atom stereocenters. The van der Waals surface area contributed by atoms with E-state index in [4.69, 9.17) is 4.42 Å². The van der Waals surface area contributed by atoms with Crippen molar-refractivity contribution in [1.82, 2.24) is 9.78 Å². The lowest BCUT2D eigenvalue weighted by Gasteiger charge is -2.07. The van der Waals surface area contributed by atoms with E-state index in [0.717, 1.165) is 10.1 Å². The van der Waals surface area contributed by atoms with Gasteiger partial charge < -0.3 is 9.52 Å². The first kappa shape index (κ1) is 15.8. The Labute approximate surface area is 146 Å². The summed E-state index contributed by atoms with van der Waals surface area (Å²) in [5, 5.41) is 14.4. The van der Waals surface area contributed by atoms with Gasteiger partial charge in [-0.15, -0.1) is 0 Å². The van der Waals surface area contributed by atoms with Gasteiger partial charge in [0, 0.05) is 10.8 Å². The van der Waals surface area contributed by atoms with Crippen LogP contribution in [0.4, 0.5) is 0 Å². The molecule has 0 aliphatic heterocycles. The zero-order valence-electron chi connectivity index (χ0n) is 13.4. The molecule has 26 heavy (non-hydrogen) atoms. The molecular weight excluding hydrogens is 336 g/mol. The van der Waals surface area contributed by atoms with E-state index in [0.29, 0.717) is 5.58 Å². The third-order valence-corrected chi connectivity index (χ3v) is 4.06. The molecule has 0 fully saturated rings. The van der Waals surface area contributed by atoms with E-state index in [-0.39, 0.29) is 22.2 Å². The summed E-state index contributed by atoms with van der Waals surface area (Å²) in [5.41, 5.74) is -0.256. The van der Waals surface area contributed by atoms with Crippen molar-refractivity contribution in [2.75, 3.05) is 0 Å². The zero-order valence-corrected chi connectivity index (χ0v) is 13.4. The van der Waals surface area contributed by atoms with Gasteiger partial charge in [0.1, 0.15) is 12.1 Å². The number of nitrogens with zero attached hydrogens (tertiary/aromatic N) is 2. The molecule has 0 aliphatic carbocycles. The number of hydrogen-bond acceptors (Lipinski definition) is 5. The summed E-state index contributed by atoms with van der Waals surface area (Å²) in [7, 11) is 0. The van der Waals surface area contributed by atoms with Crippen molar-refractivity contribution in [3.05, 3.63) is 76.4 Å². The number of aromatic carboxylic acids is 1. The van der Waals surface area contributed by atoms with Gasteiger partial charge in [-0.25, -0.2) is 9.48 Å². The molecule has 1 N–H and O–H groups in total. The number of para-hydroxylation sites is 1. The molecule has 0 bridgehead atoms. The molecule has 0 saturated heterocycles. The first-order valence-corrected chi connectivity index (χ1v) is 7.79. The van der Waals surface area contributed by atoms with Crippen LogP contribution in [0.2, 0.25) is 0 Å². The minimum atomic E-state index is -1.27. The van der Waals surface area contributed by atoms with Gasteiger partial charge in [0.05, 0.1) is 5.39 Å². The van der Waals surface area contributed by atoms with Crippen LogP contribution in [0.3, 0.4) is 0 Å². The van der Waals surface area contributed by atoms with Gasteiger partial charge in [-0.2, -0.15) is 5.10 Å². The fourth-order valence-electron chi connectivity index (χ4n) is 2.83. The summed E-state index contributed by atoms with van der Waals surface area (Å²) >= 11 is 0. The molecule has 7 nitrogen and oxygen atoms in total. The van der Waals surface area contributed by atoms with Crippen LogP contribution in [0.25, 0.3) is 21.7 Å². The van der Waals surface area contributed by atoms with Crippen LogP contribution < -0.4 is 5.56 Å². The minimum absolute atomic E-state index is 0.0879. The lowest BCUT2D eigenvalue weighted by atomic mass is 10.1. The van der Waals surface area contributed by atoms with Crippen molar-refractivity contribution in [2.24, 2.45) is 0 Å². The Bertz CT molecular complexity index is 1200. The van der Waals surface area contributed by atoms with Crippen molar-refractivity contribution >= 4 is 33.5 Å². The van der Waals surface area contributed by atoms with Crippen LogP contribution in [-0.4, -0.2) is 26.6 Å². The predicted octanol–water partition coefficient (Wildman–Crippen LogP) is 2.72. The van der Waals surface area contributed by atoms with Gasteiger partial charge in [0.2, 0.25) is 5.78 Å². The van der Waals surface area contributed by atoms with Gasteiger partial charge in [-0.1, -0.05) is 36.4 Å². The van der Waals surface area contributed by atoms with Gasteiger partial charge in [0.25, 0.3) is 5.56 Å². The average Bonchev–Trinajstić information content (AvgIpc) is 3.08. The Morgan fingerprint density at radius 2 is 1.73 bits per heavy atom. The van der Waals surface area contributed by atoms with Crippen molar-refractivity contribution in [3.63, 3.8) is 0 Å². The fraction of sp³-hybridized carbons (Fsp3) is 0.0526. The minimum Gasteiger partial charge on any atom is -0.476 e. The summed E-state index contributed by atoms with van der Waals surface area (Å²) in [6, 6.07) is 15.0. The molecule has 7 heteroatoms. The number of carboxylic acid groups (broad SMARTS) is 1. The van der Waals surface area contributed by atoms with Crippen LogP contribution in [0.15, 0.2) is 63.8 Å². The highest BCUT2D eigenvalue weighted by Gasteiger charge is 2.19. The van der Waals surface area contributed by atoms with E-state index >= 15 is 0 Å². The van der Waals surface area contributed by atoms with E-state index < -0.39 is 23.9 Å². The molecule has 0 amide bonds. The highest BCUT2D eigenvalue weighted by molar-refractivity contribution is 6.01. The molecule has 2 heterocycles. The number of rotatable bonds is 4. The maximum atomic E-state index is 12.6. The molecule has 0 saturated carbocycles. The molecule has 128 valence electrons.